The van der Waals surface area contributed by atoms with Crippen molar-refractivity contribution in [1.29, 1.82) is 0 Å². The van der Waals surface area contributed by atoms with Crippen LogP contribution in [0, 0.1) is 11.8 Å². The second-order valence-electron chi connectivity index (χ2n) is 6.75. The molecule has 5 nitrogen and oxygen atoms in total. The molecule has 0 radical (unpaired) electrons. The van der Waals surface area contributed by atoms with E-state index in [1.807, 2.05) is 43.6 Å². The molecule has 1 saturated heterocycles. The highest BCUT2D eigenvalue weighted by Gasteiger charge is 2.28. The van der Waals surface area contributed by atoms with Gasteiger partial charge in [-0.15, -0.1) is 24.8 Å². The molecule has 1 atom stereocenters. The van der Waals surface area contributed by atoms with Crippen molar-refractivity contribution in [2.75, 3.05) is 18.4 Å². The van der Waals surface area contributed by atoms with Gasteiger partial charge in [0.15, 0.2) is 0 Å². The number of rotatable bonds is 5. The maximum atomic E-state index is 12.3. The number of nitrogens with zero attached hydrogens (tertiary/aromatic N) is 2. The van der Waals surface area contributed by atoms with E-state index < -0.39 is 0 Å². The third kappa shape index (κ3) is 4.61. The van der Waals surface area contributed by atoms with E-state index in [9.17, 15) is 4.79 Å². The highest BCUT2D eigenvalue weighted by atomic mass is 35.5. The molecule has 0 spiro atoms. The Kier molecular flexibility index (Phi) is 7.25. The lowest BCUT2D eigenvalue weighted by Gasteiger charge is -2.31. The summed E-state index contributed by atoms with van der Waals surface area (Å²) in [7, 11) is 0. The molecular weight excluding hydrogens is 383 g/mol. The van der Waals surface area contributed by atoms with Gasteiger partial charge in [0.25, 0.3) is 0 Å². The van der Waals surface area contributed by atoms with Gasteiger partial charge in [-0.3, -0.25) is 4.79 Å². The molecular formula is C20H24Cl2N4O. The minimum Gasteiger partial charge on any atom is -0.326 e. The number of hydrogen-bond acceptors (Lipinski definition) is 3. The van der Waals surface area contributed by atoms with E-state index in [2.05, 4.69) is 38.4 Å². The topological polar surface area (TPSA) is 59.0 Å². The summed E-state index contributed by atoms with van der Waals surface area (Å²) in [6, 6.07) is 16.2. The van der Waals surface area contributed by atoms with Gasteiger partial charge in [0.2, 0.25) is 5.91 Å². The van der Waals surface area contributed by atoms with Crippen LogP contribution in [0.15, 0.2) is 54.9 Å². The summed E-state index contributed by atoms with van der Waals surface area (Å²) < 4.78 is 2.13. The minimum atomic E-state index is 0. The highest BCUT2D eigenvalue weighted by Crippen LogP contribution is 2.19. The van der Waals surface area contributed by atoms with Crippen LogP contribution < -0.4 is 10.6 Å². The molecule has 0 bridgehead atoms. The predicted octanol–water partition coefficient (Wildman–Crippen LogP) is 3.72. The molecule has 1 unspecified atom stereocenters. The summed E-state index contributed by atoms with van der Waals surface area (Å²) in [6.07, 6.45) is 1.87. The number of fused-ring (bicyclic) bond motifs is 1. The lowest BCUT2D eigenvalue weighted by atomic mass is 9.88. The first-order chi connectivity index (χ1) is 12.2. The Balaban J connectivity index is 0.00000131. The van der Waals surface area contributed by atoms with Crippen molar-refractivity contribution in [1.82, 2.24) is 14.9 Å². The van der Waals surface area contributed by atoms with Gasteiger partial charge in [0.1, 0.15) is 0 Å². The van der Waals surface area contributed by atoms with Gasteiger partial charge in [-0.05, 0) is 48.8 Å². The van der Waals surface area contributed by atoms with Crippen molar-refractivity contribution in [3.8, 4) is 0 Å². The highest BCUT2D eigenvalue weighted by molar-refractivity contribution is 5.92. The lowest BCUT2D eigenvalue weighted by Crippen LogP contribution is -2.48. The number of benzene rings is 2. The lowest BCUT2D eigenvalue weighted by molar-refractivity contribution is -0.121. The van der Waals surface area contributed by atoms with Crippen LogP contribution in [0.2, 0.25) is 0 Å². The number of halogens is 2. The summed E-state index contributed by atoms with van der Waals surface area (Å²) in [4.78, 5) is 16.7. The summed E-state index contributed by atoms with van der Waals surface area (Å²) >= 11 is 0. The second-order valence-corrected chi connectivity index (χ2v) is 6.75. The van der Waals surface area contributed by atoms with Gasteiger partial charge in [-0.2, -0.15) is 0 Å². The number of hydrogen-bond donors (Lipinski definition) is 2. The Bertz CT molecular complexity index is 890. The van der Waals surface area contributed by atoms with E-state index in [0.29, 0.717) is 5.92 Å². The van der Waals surface area contributed by atoms with Crippen molar-refractivity contribution < 1.29 is 4.79 Å². The van der Waals surface area contributed by atoms with Crippen LogP contribution in [-0.2, 0) is 11.3 Å². The van der Waals surface area contributed by atoms with Crippen LogP contribution >= 0.6 is 24.8 Å². The first kappa shape index (κ1) is 21.2. The van der Waals surface area contributed by atoms with Crippen molar-refractivity contribution in [2.24, 2.45) is 11.8 Å². The molecule has 2 N–H and O–H groups in total. The third-order valence-electron chi connectivity index (χ3n) is 5.04. The number of carbonyl (C=O) groups is 1. The van der Waals surface area contributed by atoms with Crippen molar-refractivity contribution in [3.63, 3.8) is 0 Å². The smallest absolute Gasteiger partial charge is 0.227 e. The molecule has 0 saturated carbocycles. The molecule has 144 valence electrons. The molecule has 1 aliphatic rings. The first-order valence-corrected chi connectivity index (χ1v) is 8.71. The van der Waals surface area contributed by atoms with Crippen molar-refractivity contribution >= 4 is 47.4 Å². The number of carbonyl (C=O) groups excluding carboxylic acids is 1. The molecule has 1 aliphatic heterocycles. The summed E-state index contributed by atoms with van der Waals surface area (Å²) in [5.41, 5.74) is 4.16. The number of para-hydroxylation sites is 2. The van der Waals surface area contributed by atoms with Crippen molar-refractivity contribution in [2.45, 2.75) is 13.5 Å². The predicted molar refractivity (Wildman–Crippen MR) is 114 cm³/mol. The van der Waals surface area contributed by atoms with Crippen LogP contribution in [0.25, 0.3) is 11.0 Å². The summed E-state index contributed by atoms with van der Waals surface area (Å²) in [5, 5.41) is 6.24. The Morgan fingerprint density at radius 3 is 2.56 bits per heavy atom. The van der Waals surface area contributed by atoms with Crippen LogP contribution in [0.5, 0.6) is 0 Å². The average Bonchev–Trinajstić information content (AvgIpc) is 2.98. The molecule has 27 heavy (non-hydrogen) atoms. The van der Waals surface area contributed by atoms with Gasteiger partial charge < -0.3 is 15.2 Å². The number of imidazole rings is 1. The quantitative estimate of drug-likeness (QED) is 0.678. The molecule has 2 aromatic carbocycles. The molecule has 3 aromatic rings. The van der Waals surface area contributed by atoms with E-state index in [0.717, 1.165) is 36.4 Å². The largest absolute Gasteiger partial charge is 0.326 e. The molecule has 1 aromatic heterocycles. The molecule has 4 rings (SSSR count). The Morgan fingerprint density at radius 2 is 1.89 bits per heavy atom. The van der Waals surface area contributed by atoms with Crippen LogP contribution in [-0.4, -0.2) is 28.5 Å². The molecule has 7 heteroatoms. The normalized spacial score (nSPS) is 14.6. The number of amides is 1. The standard InChI is InChI=1S/C20H22N4O.2ClH/c1-14(16-10-21-11-16)20(25)23-17-8-6-15(7-9-17)12-24-13-22-18-4-2-3-5-19(18)24;;/h2-9,13-14,16,21H,10-12H2,1H3,(H,23,25);2*1H. The molecule has 0 aliphatic carbocycles. The SMILES string of the molecule is CC(C(=O)Nc1ccc(Cn2cnc3ccccc32)cc1)C1CNC1.Cl.Cl. The minimum absolute atomic E-state index is 0. The van der Waals surface area contributed by atoms with Crippen molar-refractivity contribution in [3.05, 3.63) is 60.4 Å². The maximum absolute atomic E-state index is 12.3. The van der Waals surface area contributed by atoms with Gasteiger partial charge in [-0.25, -0.2) is 4.98 Å². The summed E-state index contributed by atoms with van der Waals surface area (Å²) in [5.74, 6) is 0.590. The Morgan fingerprint density at radius 1 is 1.19 bits per heavy atom. The van der Waals surface area contributed by atoms with E-state index in [4.69, 9.17) is 0 Å². The fraction of sp³-hybridized carbons (Fsp3) is 0.300. The van der Waals surface area contributed by atoms with Gasteiger partial charge in [0, 0.05) is 18.2 Å². The number of anilines is 1. The van der Waals surface area contributed by atoms with E-state index in [1.165, 1.54) is 5.56 Å². The molecule has 1 amide bonds. The fourth-order valence-electron chi connectivity index (χ4n) is 3.16. The van der Waals surface area contributed by atoms with Crippen LogP contribution in [0.1, 0.15) is 12.5 Å². The van der Waals surface area contributed by atoms with Crippen LogP contribution in [0.3, 0.4) is 0 Å². The molecule has 1 fully saturated rings. The van der Waals surface area contributed by atoms with Crippen LogP contribution in [0.4, 0.5) is 5.69 Å². The first-order valence-electron chi connectivity index (χ1n) is 8.71. The average molecular weight is 407 g/mol. The van der Waals surface area contributed by atoms with E-state index >= 15 is 0 Å². The zero-order chi connectivity index (χ0) is 17.2. The van der Waals surface area contributed by atoms with E-state index in [1.54, 1.807) is 0 Å². The Labute approximate surface area is 171 Å². The maximum Gasteiger partial charge on any atom is 0.227 e. The van der Waals surface area contributed by atoms with E-state index in [-0.39, 0.29) is 36.6 Å². The Hall–Kier alpha value is -2.08. The molecule has 2 heterocycles. The van der Waals surface area contributed by atoms with Gasteiger partial charge in [-0.1, -0.05) is 31.2 Å². The monoisotopic (exact) mass is 406 g/mol. The zero-order valence-corrected chi connectivity index (χ0v) is 16.7. The van der Waals surface area contributed by atoms with Gasteiger partial charge >= 0.3 is 0 Å². The number of nitrogens with one attached hydrogen (secondary N) is 2. The fourth-order valence-corrected chi connectivity index (χ4v) is 3.16. The second kappa shape index (κ2) is 9.22. The third-order valence-corrected chi connectivity index (χ3v) is 5.04. The zero-order valence-electron chi connectivity index (χ0n) is 15.1. The number of aromatic nitrogens is 2. The van der Waals surface area contributed by atoms with Gasteiger partial charge in [0.05, 0.1) is 17.4 Å². The summed E-state index contributed by atoms with van der Waals surface area (Å²) in [6.45, 7) is 4.64.